The number of carbonyl (C=O) groups is 1. The summed E-state index contributed by atoms with van der Waals surface area (Å²) in [4.78, 5) is 12.5. The molecular formula is C11H17NO4S2. The largest absolute Gasteiger partial charge is 0.481 e. The van der Waals surface area contributed by atoms with Crippen LogP contribution in [0.15, 0.2) is 11.0 Å². The van der Waals surface area contributed by atoms with Gasteiger partial charge in [-0.1, -0.05) is 6.92 Å². The van der Waals surface area contributed by atoms with E-state index in [1.807, 2.05) is 6.92 Å². The third-order valence-electron chi connectivity index (χ3n) is 2.52. The fraction of sp³-hybridized carbons (Fsp3) is 0.545. The van der Waals surface area contributed by atoms with Crippen LogP contribution in [0.2, 0.25) is 0 Å². The van der Waals surface area contributed by atoms with E-state index in [1.54, 1.807) is 19.9 Å². The molecule has 18 heavy (non-hydrogen) atoms. The monoisotopic (exact) mass is 291 g/mol. The van der Waals surface area contributed by atoms with Gasteiger partial charge in [0.05, 0.1) is 11.3 Å². The second kappa shape index (κ2) is 5.81. The molecular weight excluding hydrogens is 274 g/mol. The van der Waals surface area contributed by atoms with Crippen LogP contribution in [-0.2, 0) is 14.8 Å². The molecule has 2 N–H and O–H groups in total. The molecule has 0 aromatic carbocycles. The quantitative estimate of drug-likeness (QED) is 0.838. The summed E-state index contributed by atoms with van der Waals surface area (Å²) in [7, 11) is -3.63. The first kappa shape index (κ1) is 15.1. The van der Waals surface area contributed by atoms with Crippen LogP contribution >= 0.6 is 11.3 Å². The lowest BCUT2D eigenvalue weighted by Gasteiger charge is -2.14. The maximum Gasteiger partial charge on any atom is 0.304 e. The average Bonchev–Trinajstić information content (AvgIpc) is 2.56. The smallest absolute Gasteiger partial charge is 0.304 e. The Labute approximate surface area is 111 Å². The Bertz CT molecular complexity index is 533. The first-order valence-electron chi connectivity index (χ1n) is 5.57. The third-order valence-corrected chi connectivity index (χ3v) is 5.26. The third kappa shape index (κ3) is 3.79. The van der Waals surface area contributed by atoms with Gasteiger partial charge < -0.3 is 5.11 Å². The number of carboxylic acid groups (broad SMARTS) is 1. The van der Waals surface area contributed by atoms with Crippen molar-refractivity contribution in [2.24, 2.45) is 0 Å². The Balaban J connectivity index is 2.94. The lowest BCUT2D eigenvalue weighted by molar-refractivity contribution is -0.137. The van der Waals surface area contributed by atoms with E-state index in [-0.39, 0.29) is 11.3 Å². The van der Waals surface area contributed by atoms with Crippen molar-refractivity contribution in [1.82, 2.24) is 4.72 Å². The van der Waals surface area contributed by atoms with Gasteiger partial charge in [-0.15, -0.1) is 11.3 Å². The zero-order valence-corrected chi connectivity index (χ0v) is 12.2. The highest BCUT2D eigenvalue weighted by Crippen LogP contribution is 2.25. The molecule has 0 aliphatic carbocycles. The van der Waals surface area contributed by atoms with Crippen LogP contribution in [0, 0.1) is 13.8 Å². The fourth-order valence-corrected chi connectivity index (χ4v) is 4.51. The van der Waals surface area contributed by atoms with Crippen LogP contribution in [0.25, 0.3) is 0 Å². The highest BCUT2D eigenvalue weighted by molar-refractivity contribution is 7.89. The highest BCUT2D eigenvalue weighted by atomic mass is 32.2. The van der Waals surface area contributed by atoms with Crippen molar-refractivity contribution in [3.8, 4) is 0 Å². The van der Waals surface area contributed by atoms with Gasteiger partial charge in [-0.3, -0.25) is 4.79 Å². The number of thiophene rings is 1. The Morgan fingerprint density at radius 3 is 2.50 bits per heavy atom. The summed E-state index contributed by atoms with van der Waals surface area (Å²) >= 11 is 1.41. The van der Waals surface area contributed by atoms with Crippen LogP contribution in [0.5, 0.6) is 0 Å². The van der Waals surface area contributed by atoms with Crippen LogP contribution < -0.4 is 4.72 Å². The van der Waals surface area contributed by atoms with E-state index < -0.39 is 22.0 Å². The molecule has 0 bridgehead atoms. The van der Waals surface area contributed by atoms with Crippen molar-refractivity contribution in [2.75, 3.05) is 0 Å². The van der Waals surface area contributed by atoms with Gasteiger partial charge >= 0.3 is 5.97 Å². The van der Waals surface area contributed by atoms with E-state index in [9.17, 15) is 13.2 Å². The maximum absolute atomic E-state index is 12.1. The minimum Gasteiger partial charge on any atom is -0.481 e. The summed E-state index contributed by atoms with van der Waals surface area (Å²) in [5, 5.41) is 8.71. The summed E-state index contributed by atoms with van der Waals surface area (Å²) in [5.41, 5.74) is 0. The molecule has 1 rings (SSSR count). The molecule has 0 spiro atoms. The van der Waals surface area contributed by atoms with E-state index >= 15 is 0 Å². The molecule has 1 unspecified atom stereocenters. The maximum atomic E-state index is 12.1. The molecule has 1 aromatic heterocycles. The number of sulfonamides is 1. The standard InChI is InChI=1S/C11H17NO4S2/c1-4-9(6-11(13)14)12-18(15,16)10-5-7(2)17-8(10)3/h5,9,12H,4,6H2,1-3H3,(H,13,14). The molecule has 1 aromatic rings. The number of carboxylic acids is 1. The molecule has 0 saturated heterocycles. The van der Waals surface area contributed by atoms with E-state index in [4.69, 9.17) is 5.11 Å². The van der Waals surface area contributed by atoms with Gasteiger partial charge in [0.15, 0.2) is 0 Å². The molecule has 5 nitrogen and oxygen atoms in total. The van der Waals surface area contributed by atoms with Crippen molar-refractivity contribution in [2.45, 2.75) is 44.6 Å². The van der Waals surface area contributed by atoms with Crippen molar-refractivity contribution in [1.29, 1.82) is 0 Å². The van der Waals surface area contributed by atoms with Gasteiger partial charge in [-0.25, -0.2) is 13.1 Å². The van der Waals surface area contributed by atoms with Crippen LogP contribution in [0.4, 0.5) is 0 Å². The van der Waals surface area contributed by atoms with Crippen molar-refractivity contribution in [3.63, 3.8) is 0 Å². The predicted molar refractivity (Wildman–Crippen MR) is 70.4 cm³/mol. The lowest BCUT2D eigenvalue weighted by atomic mass is 10.2. The second-order valence-electron chi connectivity index (χ2n) is 4.10. The first-order chi connectivity index (χ1) is 8.26. The average molecular weight is 291 g/mol. The Morgan fingerprint density at radius 1 is 1.50 bits per heavy atom. The zero-order valence-electron chi connectivity index (χ0n) is 10.6. The fourth-order valence-electron chi connectivity index (χ4n) is 1.64. The number of aliphatic carboxylic acids is 1. The molecule has 0 amide bonds. The molecule has 0 fully saturated rings. The van der Waals surface area contributed by atoms with Crippen molar-refractivity contribution < 1.29 is 18.3 Å². The number of rotatable bonds is 6. The van der Waals surface area contributed by atoms with Gasteiger partial charge in [0.25, 0.3) is 0 Å². The second-order valence-corrected chi connectivity index (χ2v) is 7.24. The van der Waals surface area contributed by atoms with Crippen molar-refractivity contribution >= 4 is 27.3 Å². The topological polar surface area (TPSA) is 83.5 Å². The Kier molecular flexibility index (Phi) is 4.89. The van der Waals surface area contributed by atoms with Gasteiger partial charge in [-0.05, 0) is 26.3 Å². The van der Waals surface area contributed by atoms with Gasteiger partial charge in [0, 0.05) is 15.8 Å². The van der Waals surface area contributed by atoms with Crippen LogP contribution in [-0.4, -0.2) is 25.5 Å². The highest BCUT2D eigenvalue weighted by Gasteiger charge is 2.23. The summed E-state index contributed by atoms with van der Waals surface area (Å²) in [5.74, 6) is -1.01. The molecule has 7 heteroatoms. The van der Waals surface area contributed by atoms with Crippen LogP contribution in [0.3, 0.4) is 0 Å². The van der Waals surface area contributed by atoms with E-state index in [0.717, 1.165) is 4.88 Å². The molecule has 0 aliphatic rings. The molecule has 0 radical (unpaired) electrons. The molecule has 102 valence electrons. The summed E-state index contributed by atoms with van der Waals surface area (Å²) < 4.78 is 26.7. The zero-order chi connectivity index (χ0) is 13.9. The minimum atomic E-state index is -3.63. The van der Waals surface area contributed by atoms with E-state index in [2.05, 4.69) is 4.72 Å². The van der Waals surface area contributed by atoms with Crippen LogP contribution in [0.1, 0.15) is 29.5 Å². The molecule has 1 atom stereocenters. The first-order valence-corrected chi connectivity index (χ1v) is 7.87. The molecule has 0 saturated carbocycles. The van der Waals surface area contributed by atoms with Crippen molar-refractivity contribution in [3.05, 3.63) is 15.8 Å². The minimum absolute atomic E-state index is 0.210. The van der Waals surface area contributed by atoms with E-state index in [0.29, 0.717) is 11.3 Å². The molecule has 0 aliphatic heterocycles. The Hall–Kier alpha value is -0.920. The van der Waals surface area contributed by atoms with Gasteiger partial charge in [0.1, 0.15) is 0 Å². The molecule has 1 heterocycles. The summed E-state index contributed by atoms with van der Waals surface area (Å²) in [6, 6.07) is 1.03. The predicted octanol–water partition coefficient (Wildman–Crippen LogP) is 1.90. The van der Waals surface area contributed by atoms with E-state index in [1.165, 1.54) is 11.3 Å². The normalized spacial score (nSPS) is 13.5. The lowest BCUT2D eigenvalue weighted by Crippen LogP contribution is -2.36. The SMILES string of the molecule is CCC(CC(=O)O)NS(=O)(=O)c1cc(C)sc1C. The number of hydrogen-bond donors (Lipinski definition) is 2. The van der Waals surface area contributed by atoms with Gasteiger partial charge in [0.2, 0.25) is 10.0 Å². The van der Waals surface area contributed by atoms with Gasteiger partial charge in [-0.2, -0.15) is 0 Å². The summed E-state index contributed by atoms with van der Waals surface area (Å²) in [6.07, 6.45) is 0.228. The number of aryl methyl sites for hydroxylation is 2. The number of hydrogen-bond acceptors (Lipinski definition) is 4. The summed E-state index contributed by atoms with van der Waals surface area (Å²) in [6.45, 7) is 5.33. The Morgan fingerprint density at radius 2 is 2.11 bits per heavy atom. The number of nitrogens with one attached hydrogen (secondary N) is 1.